The maximum absolute atomic E-state index is 10.8. The van der Waals surface area contributed by atoms with E-state index < -0.39 is 11.4 Å². The molecular weight excluding hydrogens is 224 g/mol. The molecule has 0 aliphatic carbocycles. The maximum atomic E-state index is 10.8. The van der Waals surface area contributed by atoms with Gasteiger partial charge in [-0.3, -0.25) is 4.55 Å². The highest BCUT2D eigenvalue weighted by Crippen LogP contribution is 2.34. The van der Waals surface area contributed by atoms with E-state index >= 15 is 0 Å². The number of benzene rings is 1. The molecule has 1 N–H and O–H groups in total. The minimum absolute atomic E-state index is 0.261. The van der Waals surface area contributed by atoms with Crippen molar-refractivity contribution in [3.8, 4) is 5.75 Å². The van der Waals surface area contributed by atoms with Crippen molar-refractivity contribution in [3.63, 3.8) is 0 Å². The topological polar surface area (TPSA) is 46.5 Å². The van der Waals surface area contributed by atoms with Crippen molar-refractivity contribution in [1.29, 1.82) is 0 Å². The fraction of sp³-hybridized carbons (Fsp3) is 0.500. The Morgan fingerprint density at radius 2 is 1.56 bits per heavy atom. The first-order valence-electron chi connectivity index (χ1n) is 5.35. The Morgan fingerprint density at radius 3 is 1.88 bits per heavy atom. The zero-order valence-corrected chi connectivity index (χ0v) is 10.9. The number of rotatable bonds is 4. The molecule has 90 valence electrons. The molecule has 0 amide bonds. The van der Waals surface area contributed by atoms with Crippen LogP contribution in [0.1, 0.15) is 50.7 Å². The van der Waals surface area contributed by atoms with Gasteiger partial charge in [0.05, 0.1) is 0 Å². The van der Waals surface area contributed by atoms with Crippen LogP contribution in [-0.4, -0.2) is 8.76 Å². The van der Waals surface area contributed by atoms with E-state index in [-0.39, 0.29) is 11.8 Å². The third-order valence-electron chi connectivity index (χ3n) is 2.47. The molecule has 1 rings (SSSR count). The van der Waals surface area contributed by atoms with Crippen LogP contribution in [0.2, 0.25) is 0 Å². The highest BCUT2D eigenvalue weighted by atomic mass is 32.2. The van der Waals surface area contributed by atoms with Gasteiger partial charge in [-0.25, -0.2) is 0 Å². The van der Waals surface area contributed by atoms with Crippen LogP contribution in [-0.2, 0) is 11.4 Å². The summed E-state index contributed by atoms with van der Waals surface area (Å²) in [5.41, 5.74) is 1.93. The SMILES string of the molecule is CC(C)c1cccc(C(C)C)c1OS(=O)O. The van der Waals surface area contributed by atoms with E-state index in [1.54, 1.807) is 0 Å². The molecule has 4 heteroatoms. The Hall–Kier alpha value is -0.870. The van der Waals surface area contributed by atoms with E-state index in [0.717, 1.165) is 11.1 Å². The molecule has 0 spiro atoms. The summed E-state index contributed by atoms with van der Waals surface area (Å²) in [6.45, 7) is 8.14. The molecule has 1 unspecified atom stereocenters. The summed E-state index contributed by atoms with van der Waals surface area (Å²) in [5, 5.41) is 0. The largest absolute Gasteiger partial charge is 0.380 e. The van der Waals surface area contributed by atoms with Gasteiger partial charge in [0.1, 0.15) is 5.75 Å². The third-order valence-corrected chi connectivity index (χ3v) is 2.78. The van der Waals surface area contributed by atoms with Gasteiger partial charge in [0.15, 0.2) is 0 Å². The van der Waals surface area contributed by atoms with Crippen LogP contribution in [0.5, 0.6) is 5.75 Å². The van der Waals surface area contributed by atoms with Gasteiger partial charge in [-0.15, -0.1) is 0 Å². The summed E-state index contributed by atoms with van der Waals surface area (Å²) in [6, 6.07) is 5.81. The van der Waals surface area contributed by atoms with Gasteiger partial charge in [-0.2, -0.15) is 4.21 Å². The molecule has 0 heterocycles. The van der Waals surface area contributed by atoms with Gasteiger partial charge in [-0.1, -0.05) is 45.9 Å². The van der Waals surface area contributed by atoms with Crippen LogP contribution >= 0.6 is 0 Å². The normalized spacial score (nSPS) is 13.2. The Balaban J connectivity index is 3.28. The Kier molecular flexibility index (Phi) is 4.50. The predicted molar refractivity (Wildman–Crippen MR) is 66.0 cm³/mol. The first kappa shape index (κ1) is 13.2. The zero-order valence-electron chi connectivity index (χ0n) is 10.1. The Morgan fingerprint density at radius 1 is 1.12 bits per heavy atom. The van der Waals surface area contributed by atoms with E-state index in [9.17, 15) is 4.21 Å². The second-order valence-corrected chi connectivity index (χ2v) is 4.98. The minimum atomic E-state index is -2.27. The molecule has 0 radical (unpaired) electrons. The highest BCUT2D eigenvalue weighted by molar-refractivity contribution is 7.74. The van der Waals surface area contributed by atoms with Gasteiger partial charge in [0.25, 0.3) is 0 Å². The lowest BCUT2D eigenvalue weighted by molar-refractivity contribution is 0.450. The van der Waals surface area contributed by atoms with E-state index in [0.29, 0.717) is 5.75 Å². The summed E-state index contributed by atoms with van der Waals surface area (Å²) in [5.74, 6) is 1.07. The van der Waals surface area contributed by atoms with Gasteiger partial charge in [0, 0.05) is 0 Å². The number of hydrogen-bond acceptors (Lipinski definition) is 2. The van der Waals surface area contributed by atoms with Crippen molar-refractivity contribution in [3.05, 3.63) is 29.3 Å². The van der Waals surface area contributed by atoms with Crippen LogP contribution in [0, 0.1) is 0 Å². The fourth-order valence-electron chi connectivity index (χ4n) is 1.65. The monoisotopic (exact) mass is 242 g/mol. The standard InChI is InChI=1S/C12H18O3S/c1-8(2)10-6-5-7-11(9(3)4)12(10)15-16(13)14/h5-9H,1-4H3,(H,13,14). The molecule has 0 bridgehead atoms. The lowest BCUT2D eigenvalue weighted by Gasteiger charge is -2.17. The molecule has 0 aliphatic heterocycles. The quantitative estimate of drug-likeness (QED) is 0.823. The summed E-state index contributed by atoms with van der Waals surface area (Å²) < 4.78 is 24.7. The lowest BCUT2D eigenvalue weighted by Crippen LogP contribution is -2.05. The van der Waals surface area contributed by atoms with Gasteiger partial charge in [0.2, 0.25) is 0 Å². The van der Waals surface area contributed by atoms with Crippen molar-refractivity contribution in [1.82, 2.24) is 0 Å². The molecule has 0 fully saturated rings. The summed E-state index contributed by atoms with van der Waals surface area (Å²) in [7, 11) is 0. The van der Waals surface area contributed by atoms with Crippen molar-refractivity contribution < 1.29 is 12.9 Å². The molecule has 1 aromatic rings. The number of hydrogen-bond donors (Lipinski definition) is 1. The zero-order chi connectivity index (χ0) is 12.3. The molecule has 1 aromatic carbocycles. The second kappa shape index (κ2) is 5.46. The maximum Gasteiger partial charge on any atom is 0.357 e. The van der Waals surface area contributed by atoms with E-state index in [1.165, 1.54) is 0 Å². The summed E-state index contributed by atoms with van der Waals surface area (Å²) in [6.07, 6.45) is 0. The smallest absolute Gasteiger partial charge is 0.357 e. The molecular formula is C12H18O3S. The van der Waals surface area contributed by atoms with Crippen molar-refractivity contribution >= 4 is 11.4 Å². The molecule has 16 heavy (non-hydrogen) atoms. The van der Waals surface area contributed by atoms with Crippen LogP contribution < -0.4 is 4.18 Å². The third kappa shape index (κ3) is 3.06. The summed E-state index contributed by atoms with van der Waals surface area (Å²) >= 11 is -2.27. The average Bonchev–Trinajstić information content (AvgIpc) is 2.16. The van der Waals surface area contributed by atoms with Gasteiger partial charge < -0.3 is 4.18 Å². The van der Waals surface area contributed by atoms with Gasteiger partial charge in [-0.05, 0) is 23.0 Å². The Labute approximate surface area is 99.3 Å². The fourth-order valence-corrected chi connectivity index (χ4v) is 1.99. The van der Waals surface area contributed by atoms with Gasteiger partial charge >= 0.3 is 11.4 Å². The Bertz CT molecular complexity index is 360. The number of para-hydroxylation sites is 1. The molecule has 0 aromatic heterocycles. The minimum Gasteiger partial charge on any atom is -0.380 e. The van der Waals surface area contributed by atoms with Crippen LogP contribution in [0.15, 0.2) is 18.2 Å². The van der Waals surface area contributed by atoms with Crippen LogP contribution in [0.4, 0.5) is 0 Å². The highest BCUT2D eigenvalue weighted by Gasteiger charge is 2.16. The second-order valence-electron chi connectivity index (χ2n) is 4.38. The van der Waals surface area contributed by atoms with E-state index in [2.05, 4.69) is 0 Å². The molecule has 1 atom stereocenters. The molecule has 3 nitrogen and oxygen atoms in total. The first-order valence-corrected chi connectivity index (χ1v) is 6.38. The van der Waals surface area contributed by atoms with Crippen molar-refractivity contribution in [2.24, 2.45) is 0 Å². The first-order chi connectivity index (χ1) is 7.43. The summed E-state index contributed by atoms with van der Waals surface area (Å²) in [4.78, 5) is 0. The van der Waals surface area contributed by atoms with E-state index in [4.69, 9.17) is 8.74 Å². The van der Waals surface area contributed by atoms with Crippen molar-refractivity contribution in [2.45, 2.75) is 39.5 Å². The lowest BCUT2D eigenvalue weighted by atomic mass is 9.94. The predicted octanol–water partition coefficient (Wildman–Crippen LogP) is 3.45. The van der Waals surface area contributed by atoms with Crippen LogP contribution in [0.3, 0.4) is 0 Å². The molecule has 0 saturated heterocycles. The molecule has 0 aliphatic rings. The average molecular weight is 242 g/mol. The molecule has 0 saturated carbocycles. The van der Waals surface area contributed by atoms with E-state index in [1.807, 2.05) is 45.9 Å². The van der Waals surface area contributed by atoms with Crippen LogP contribution in [0.25, 0.3) is 0 Å². The van der Waals surface area contributed by atoms with Crippen molar-refractivity contribution in [2.75, 3.05) is 0 Å².